The molecule has 0 bridgehead atoms. The number of ether oxygens (including phenoxy) is 1. The van der Waals surface area contributed by atoms with Gasteiger partial charge in [0, 0.05) is 35.3 Å². The molecule has 4 nitrogen and oxygen atoms in total. The molecule has 1 saturated heterocycles. The molecule has 0 saturated carbocycles. The highest BCUT2D eigenvalue weighted by Crippen LogP contribution is 2.35. The molecule has 2 aliphatic rings. The van der Waals surface area contributed by atoms with Crippen LogP contribution < -0.4 is 4.90 Å². The predicted octanol–water partition coefficient (Wildman–Crippen LogP) is 2.41. The van der Waals surface area contributed by atoms with Crippen LogP contribution in [-0.4, -0.2) is 35.9 Å². The summed E-state index contributed by atoms with van der Waals surface area (Å²) < 4.78 is 5.66. The first-order valence-corrected chi connectivity index (χ1v) is 7.99. The topological polar surface area (TPSA) is 45.6 Å². The fourth-order valence-corrected chi connectivity index (χ4v) is 3.30. The second-order valence-electron chi connectivity index (χ2n) is 7.18. The number of nitrogens with zero attached hydrogens (tertiary/aromatic N) is 2. The molecule has 4 heteroatoms. The smallest absolute Gasteiger partial charge is 0.0755 e. The van der Waals surface area contributed by atoms with Gasteiger partial charge in [-0.3, -0.25) is 4.98 Å². The lowest BCUT2D eigenvalue weighted by molar-refractivity contribution is 0.109. The van der Waals surface area contributed by atoms with E-state index in [1.165, 1.54) is 16.9 Å². The van der Waals surface area contributed by atoms with Crippen LogP contribution in [0.2, 0.25) is 0 Å². The van der Waals surface area contributed by atoms with Crippen molar-refractivity contribution in [1.29, 1.82) is 0 Å². The number of anilines is 1. The third-order valence-electron chi connectivity index (χ3n) is 4.58. The van der Waals surface area contributed by atoms with Crippen molar-refractivity contribution >= 4 is 5.69 Å². The van der Waals surface area contributed by atoms with Crippen molar-refractivity contribution in [3.8, 4) is 0 Å². The van der Waals surface area contributed by atoms with Crippen LogP contribution in [-0.2, 0) is 23.2 Å². The van der Waals surface area contributed by atoms with Gasteiger partial charge in [0.05, 0.1) is 31.6 Å². The van der Waals surface area contributed by atoms with Crippen molar-refractivity contribution < 1.29 is 9.84 Å². The maximum absolute atomic E-state index is 9.64. The first-order chi connectivity index (χ1) is 10.0. The lowest BCUT2D eigenvalue weighted by Crippen LogP contribution is -2.34. The molecule has 3 rings (SSSR count). The quantitative estimate of drug-likeness (QED) is 0.908. The summed E-state index contributed by atoms with van der Waals surface area (Å²) in [6, 6.07) is 2.47. The first kappa shape index (κ1) is 14.8. The molecule has 1 aromatic heterocycles. The second kappa shape index (κ2) is 5.58. The summed E-state index contributed by atoms with van der Waals surface area (Å²) in [4.78, 5) is 7.26. The summed E-state index contributed by atoms with van der Waals surface area (Å²) in [6.07, 6.45) is 3.11. The minimum atomic E-state index is 0.0382. The Bertz CT molecular complexity index is 522. The molecule has 116 valence electrons. The van der Waals surface area contributed by atoms with Gasteiger partial charge in [-0.2, -0.15) is 0 Å². The Morgan fingerprint density at radius 1 is 1.43 bits per heavy atom. The van der Waals surface area contributed by atoms with Gasteiger partial charge in [-0.1, -0.05) is 20.8 Å². The Hall–Kier alpha value is -1.13. The molecule has 0 amide bonds. The summed E-state index contributed by atoms with van der Waals surface area (Å²) in [5, 5.41) is 9.64. The van der Waals surface area contributed by atoms with Gasteiger partial charge in [0.2, 0.25) is 0 Å². The van der Waals surface area contributed by atoms with Gasteiger partial charge in [0.1, 0.15) is 0 Å². The number of pyridine rings is 1. The van der Waals surface area contributed by atoms with Crippen LogP contribution in [0.15, 0.2) is 6.07 Å². The highest BCUT2D eigenvalue weighted by atomic mass is 16.5. The van der Waals surface area contributed by atoms with Crippen LogP contribution in [0, 0.1) is 0 Å². The fraction of sp³-hybridized carbons (Fsp3) is 0.706. The van der Waals surface area contributed by atoms with Crippen LogP contribution >= 0.6 is 0 Å². The molecule has 1 atom stereocenters. The summed E-state index contributed by atoms with van der Waals surface area (Å²) in [5.41, 5.74) is 4.83. The average Bonchev–Trinajstić information content (AvgIpc) is 2.93. The van der Waals surface area contributed by atoms with Gasteiger partial charge >= 0.3 is 0 Å². The van der Waals surface area contributed by atoms with E-state index in [0.29, 0.717) is 6.61 Å². The molecule has 1 aromatic rings. The van der Waals surface area contributed by atoms with E-state index in [1.54, 1.807) is 0 Å². The molecule has 1 unspecified atom stereocenters. The molecule has 0 radical (unpaired) electrons. The van der Waals surface area contributed by atoms with Crippen LogP contribution in [0.1, 0.15) is 50.6 Å². The Labute approximate surface area is 127 Å². The van der Waals surface area contributed by atoms with Crippen LogP contribution in [0.3, 0.4) is 0 Å². The summed E-state index contributed by atoms with van der Waals surface area (Å²) in [5.74, 6) is 0. The van der Waals surface area contributed by atoms with E-state index in [4.69, 9.17) is 9.72 Å². The zero-order valence-electron chi connectivity index (χ0n) is 13.4. The fourth-order valence-electron chi connectivity index (χ4n) is 3.30. The Morgan fingerprint density at radius 3 is 2.95 bits per heavy atom. The Balaban J connectivity index is 2.08. The van der Waals surface area contributed by atoms with Crippen LogP contribution in [0.5, 0.6) is 0 Å². The van der Waals surface area contributed by atoms with E-state index in [-0.39, 0.29) is 18.1 Å². The number of aliphatic hydroxyl groups is 1. The van der Waals surface area contributed by atoms with Crippen molar-refractivity contribution in [2.24, 2.45) is 0 Å². The molecule has 2 aliphatic heterocycles. The third-order valence-corrected chi connectivity index (χ3v) is 4.58. The molecule has 1 N–H and O–H groups in total. The molecule has 1 fully saturated rings. The highest BCUT2D eigenvalue weighted by molar-refractivity contribution is 5.58. The predicted molar refractivity (Wildman–Crippen MR) is 83.8 cm³/mol. The lowest BCUT2D eigenvalue weighted by Gasteiger charge is -2.32. The number of aliphatic hydroxyl groups excluding tert-OH is 1. The van der Waals surface area contributed by atoms with Crippen molar-refractivity contribution in [3.05, 3.63) is 23.0 Å². The maximum Gasteiger partial charge on any atom is 0.0755 e. The number of rotatable bonds is 2. The summed E-state index contributed by atoms with van der Waals surface area (Å²) in [7, 11) is 0. The van der Waals surface area contributed by atoms with Crippen LogP contribution in [0.25, 0.3) is 0 Å². The zero-order chi connectivity index (χ0) is 15.0. The van der Waals surface area contributed by atoms with Gasteiger partial charge < -0.3 is 14.7 Å². The third kappa shape index (κ3) is 2.79. The van der Waals surface area contributed by atoms with Crippen molar-refractivity contribution in [1.82, 2.24) is 4.98 Å². The second-order valence-corrected chi connectivity index (χ2v) is 7.18. The molecule has 0 aliphatic carbocycles. The lowest BCUT2D eigenvalue weighted by atomic mass is 9.89. The van der Waals surface area contributed by atoms with E-state index in [0.717, 1.165) is 38.1 Å². The minimum absolute atomic E-state index is 0.0382. The standard InChI is InChI=1S/C17H26N2O2/c1-17(2,3)16-9-15(19-7-4-5-12(19)10-20)13-11-21-8-6-14(13)18-16/h9,12,20H,4-8,10-11H2,1-3H3. The molecule has 0 spiro atoms. The van der Waals surface area contributed by atoms with E-state index in [1.807, 2.05) is 0 Å². The Kier molecular flexibility index (Phi) is 3.93. The van der Waals surface area contributed by atoms with Crippen molar-refractivity contribution in [2.45, 2.75) is 58.1 Å². The maximum atomic E-state index is 9.64. The van der Waals surface area contributed by atoms with Crippen molar-refractivity contribution in [2.75, 3.05) is 24.7 Å². The number of fused-ring (bicyclic) bond motifs is 1. The highest BCUT2D eigenvalue weighted by Gasteiger charge is 2.30. The monoisotopic (exact) mass is 290 g/mol. The minimum Gasteiger partial charge on any atom is -0.394 e. The van der Waals surface area contributed by atoms with Gasteiger partial charge in [-0.15, -0.1) is 0 Å². The van der Waals surface area contributed by atoms with E-state index in [9.17, 15) is 5.11 Å². The average molecular weight is 290 g/mol. The number of hydrogen-bond donors (Lipinski definition) is 1. The normalized spacial score (nSPS) is 22.5. The molecule has 3 heterocycles. The van der Waals surface area contributed by atoms with Gasteiger partial charge in [-0.05, 0) is 18.9 Å². The zero-order valence-corrected chi connectivity index (χ0v) is 13.4. The van der Waals surface area contributed by atoms with E-state index >= 15 is 0 Å². The molecular formula is C17H26N2O2. The van der Waals surface area contributed by atoms with Crippen molar-refractivity contribution in [3.63, 3.8) is 0 Å². The first-order valence-electron chi connectivity index (χ1n) is 7.99. The van der Waals surface area contributed by atoms with Gasteiger partial charge in [-0.25, -0.2) is 0 Å². The molecular weight excluding hydrogens is 264 g/mol. The molecule has 0 aromatic carbocycles. The van der Waals surface area contributed by atoms with E-state index in [2.05, 4.69) is 31.7 Å². The summed E-state index contributed by atoms with van der Waals surface area (Å²) >= 11 is 0. The van der Waals surface area contributed by atoms with Gasteiger partial charge in [0.15, 0.2) is 0 Å². The Morgan fingerprint density at radius 2 is 2.24 bits per heavy atom. The van der Waals surface area contributed by atoms with Crippen LogP contribution in [0.4, 0.5) is 5.69 Å². The van der Waals surface area contributed by atoms with Gasteiger partial charge in [0.25, 0.3) is 0 Å². The largest absolute Gasteiger partial charge is 0.394 e. The SMILES string of the molecule is CC(C)(C)c1cc(N2CCCC2CO)c2c(n1)CCOC2. The number of aromatic nitrogens is 1. The summed E-state index contributed by atoms with van der Waals surface area (Å²) in [6.45, 7) is 9.27. The molecule has 21 heavy (non-hydrogen) atoms. The van der Waals surface area contributed by atoms with E-state index < -0.39 is 0 Å². The number of hydrogen-bond acceptors (Lipinski definition) is 4.